The molecule has 7 heteroatoms. The molecule has 6 nitrogen and oxygen atoms in total. The van der Waals surface area contributed by atoms with Gasteiger partial charge in [-0.1, -0.05) is 24.3 Å². The first-order valence-electron chi connectivity index (χ1n) is 8.45. The Balaban J connectivity index is 2.23. The van der Waals surface area contributed by atoms with Crippen molar-refractivity contribution in [2.45, 2.75) is 18.2 Å². The Morgan fingerprint density at radius 1 is 1.12 bits per heavy atom. The lowest BCUT2D eigenvalue weighted by atomic mass is 10.2. The van der Waals surface area contributed by atoms with E-state index in [-0.39, 0.29) is 10.8 Å². The van der Waals surface area contributed by atoms with Crippen molar-refractivity contribution in [1.82, 2.24) is 5.32 Å². The van der Waals surface area contributed by atoms with E-state index >= 15 is 0 Å². The molecule has 0 fully saturated rings. The molecular formula is C19H24N2O4S. The summed E-state index contributed by atoms with van der Waals surface area (Å²) < 4.78 is 32.3. The van der Waals surface area contributed by atoms with Crippen LogP contribution in [0.2, 0.25) is 0 Å². The second-order valence-electron chi connectivity index (χ2n) is 5.64. The number of para-hydroxylation sites is 1. The summed E-state index contributed by atoms with van der Waals surface area (Å²) in [6.07, 6.45) is 0.692. The van der Waals surface area contributed by atoms with Gasteiger partial charge in [-0.05, 0) is 43.7 Å². The summed E-state index contributed by atoms with van der Waals surface area (Å²) in [5.41, 5.74) is 0.900. The molecule has 140 valence electrons. The maximum absolute atomic E-state index is 13.0. The third kappa shape index (κ3) is 4.83. The van der Waals surface area contributed by atoms with Crippen LogP contribution in [0.5, 0.6) is 0 Å². The average Bonchev–Trinajstić information content (AvgIpc) is 2.66. The summed E-state index contributed by atoms with van der Waals surface area (Å²) in [6, 6.07) is 15.0. The van der Waals surface area contributed by atoms with E-state index in [0.717, 1.165) is 0 Å². The summed E-state index contributed by atoms with van der Waals surface area (Å²) in [5, 5.41) is 2.76. The minimum Gasteiger partial charge on any atom is -0.385 e. The van der Waals surface area contributed by atoms with Crippen LogP contribution in [-0.2, 0) is 14.8 Å². The van der Waals surface area contributed by atoms with Crippen LogP contribution >= 0.6 is 0 Å². The molecule has 26 heavy (non-hydrogen) atoms. The summed E-state index contributed by atoms with van der Waals surface area (Å²) in [4.78, 5) is 12.3. The molecule has 0 saturated carbocycles. The van der Waals surface area contributed by atoms with E-state index in [1.54, 1.807) is 50.4 Å². The zero-order valence-electron chi connectivity index (χ0n) is 15.0. The van der Waals surface area contributed by atoms with Crippen molar-refractivity contribution < 1.29 is 17.9 Å². The summed E-state index contributed by atoms with van der Waals surface area (Å²) in [5.74, 6) is -0.305. The highest BCUT2D eigenvalue weighted by Crippen LogP contribution is 2.23. The topological polar surface area (TPSA) is 75.7 Å². The Bertz CT molecular complexity index is 822. The molecule has 0 bridgehead atoms. The first-order valence-corrected chi connectivity index (χ1v) is 9.89. The fourth-order valence-corrected chi connectivity index (χ4v) is 4.05. The van der Waals surface area contributed by atoms with E-state index in [0.29, 0.717) is 37.4 Å². The Labute approximate surface area is 154 Å². The quantitative estimate of drug-likeness (QED) is 0.683. The fraction of sp³-hybridized carbons (Fsp3) is 0.316. The first kappa shape index (κ1) is 19.9. The van der Waals surface area contributed by atoms with E-state index in [1.165, 1.54) is 16.4 Å². The Hall–Kier alpha value is -2.38. The number of hydrogen-bond donors (Lipinski definition) is 1. The number of ether oxygens (including phenoxy) is 1. The standard InChI is InChI=1S/C19H24N2O4S/c1-3-21(17-10-5-4-6-11-17)26(23,24)18-12-7-9-16(15-18)19(22)20-13-8-14-25-2/h4-7,9-12,15H,3,8,13-14H2,1-2H3,(H,20,22). The maximum Gasteiger partial charge on any atom is 0.264 e. The maximum atomic E-state index is 13.0. The molecule has 2 aromatic rings. The van der Waals surface area contributed by atoms with Gasteiger partial charge in [0.2, 0.25) is 0 Å². The summed E-state index contributed by atoms with van der Waals surface area (Å²) in [7, 11) is -2.16. The molecule has 0 aliphatic carbocycles. The third-order valence-corrected chi connectivity index (χ3v) is 5.73. The van der Waals surface area contributed by atoms with Crippen LogP contribution in [-0.4, -0.2) is 41.1 Å². The normalized spacial score (nSPS) is 11.2. The lowest BCUT2D eigenvalue weighted by Crippen LogP contribution is -2.31. The molecule has 0 aliphatic rings. The van der Waals surface area contributed by atoms with Gasteiger partial charge in [0.05, 0.1) is 10.6 Å². The van der Waals surface area contributed by atoms with Crippen molar-refractivity contribution in [2.24, 2.45) is 0 Å². The average molecular weight is 376 g/mol. The molecule has 0 radical (unpaired) electrons. The van der Waals surface area contributed by atoms with Crippen LogP contribution in [0, 0.1) is 0 Å². The lowest BCUT2D eigenvalue weighted by Gasteiger charge is -2.23. The zero-order valence-corrected chi connectivity index (χ0v) is 15.8. The highest BCUT2D eigenvalue weighted by molar-refractivity contribution is 7.92. The molecule has 2 rings (SSSR count). The number of amides is 1. The number of nitrogens with one attached hydrogen (secondary N) is 1. The number of benzene rings is 2. The van der Waals surface area contributed by atoms with Gasteiger partial charge in [0.15, 0.2) is 0 Å². The van der Waals surface area contributed by atoms with Crippen LogP contribution in [0.1, 0.15) is 23.7 Å². The molecule has 0 aromatic heterocycles. The van der Waals surface area contributed by atoms with Crippen molar-refractivity contribution in [1.29, 1.82) is 0 Å². The number of carbonyl (C=O) groups excluding carboxylic acids is 1. The van der Waals surface area contributed by atoms with E-state index < -0.39 is 10.0 Å². The molecular weight excluding hydrogens is 352 g/mol. The highest BCUT2D eigenvalue weighted by Gasteiger charge is 2.24. The molecule has 0 saturated heterocycles. The predicted molar refractivity (Wildman–Crippen MR) is 102 cm³/mol. The zero-order chi connectivity index (χ0) is 19.0. The SMILES string of the molecule is CCN(c1ccccc1)S(=O)(=O)c1cccc(C(=O)NCCCOC)c1. The summed E-state index contributed by atoms with van der Waals surface area (Å²) in [6.45, 7) is 3.09. The monoisotopic (exact) mass is 376 g/mol. The van der Waals surface area contributed by atoms with Crippen molar-refractivity contribution in [3.63, 3.8) is 0 Å². The lowest BCUT2D eigenvalue weighted by molar-refractivity contribution is 0.0948. The van der Waals surface area contributed by atoms with Crippen LogP contribution in [0.15, 0.2) is 59.5 Å². The number of methoxy groups -OCH3 is 1. The number of anilines is 1. The van der Waals surface area contributed by atoms with Gasteiger partial charge >= 0.3 is 0 Å². The van der Waals surface area contributed by atoms with Gasteiger partial charge in [0.25, 0.3) is 15.9 Å². The van der Waals surface area contributed by atoms with Crippen LogP contribution in [0.3, 0.4) is 0 Å². The van der Waals surface area contributed by atoms with Crippen molar-refractivity contribution >= 4 is 21.6 Å². The second kappa shape index (κ2) is 9.35. The van der Waals surface area contributed by atoms with Crippen molar-refractivity contribution in [3.8, 4) is 0 Å². The molecule has 0 heterocycles. The molecule has 1 amide bonds. The Morgan fingerprint density at radius 3 is 2.50 bits per heavy atom. The minimum atomic E-state index is -3.76. The van der Waals surface area contributed by atoms with Gasteiger partial charge in [-0.3, -0.25) is 9.10 Å². The van der Waals surface area contributed by atoms with Gasteiger partial charge in [-0.15, -0.1) is 0 Å². The molecule has 0 spiro atoms. The highest BCUT2D eigenvalue weighted by atomic mass is 32.2. The van der Waals surface area contributed by atoms with Gasteiger partial charge < -0.3 is 10.1 Å². The number of rotatable bonds is 9. The largest absolute Gasteiger partial charge is 0.385 e. The number of hydrogen-bond acceptors (Lipinski definition) is 4. The minimum absolute atomic E-state index is 0.0905. The van der Waals surface area contributed by atoms with Gasteiger partial charge in [0.1, 0.15) is 0 Å². The predicted octanol–water partition coefficient (Wildman–Crippen LogP) is 2.67. The number of nitrogens with zero attached hydrogens (tertiary/aromatic N) is 1. The van der Waals surface area contributed by atoms with Gasteiger partial charge in [-0.25, -0.2) is 8.42 Å². The first-order chi connectivity index (χ1) is 12.5. The number of carbonyl (C=O) groups is 1. The molecule has 0 unspecified atom stereocenters. The Kier molecular flexibility index (Phi) is 7.17. The van der Waals surface area contributed by atoms with Crippen LogP contribution < -0.4 is 9.62 Å². The number of sulfonamides is 1. The van der Waals surface area contributed by atoms with E-state index in [1.807, 2.05) is 6.07 Å². The molecule has 1 N–H and O–H groups in total. The second-order valence-corrected chi connectivity index (χ2v) is 7.50. The third-order valence-electron chi connectivity index (χ3n) is 3.83. The summed E-state index contributed by atoms with van der Waals surface area (Å²) >= 11 is 0. The smallest absolute Gasteiger partial charge is 0.264 e. The molecule has 0 atom stereocenters. The van der Waals surface area contributed by atoms with Crippen LogP contribution in [0.4, 0.5) is 5.69 Å². The molecule has 0 aliphatic heterocycles. The van der Waals surface area contributed by atoms with E-state index in [9.17, 15) is 13.2 Å². The van der Waals surface area contributed by atoms with Crippen LogP contribution in [0.25, 0.3) is 0 Å². The Morgan fingerprint density at radius 2 is 1.85 bits per heavy atom. The van der Waals surface area contributed by atoms with Crippen molar-refractivity contribution in [2.75, 3.05) is 31.1 Å². The van der Waals surface area contributed by atoms with E-state index in [2.05, 4.69) is 5.32 Å². The van der Waals surface area contributed by atoms with E-state index in [4.69, 9.17) is 4.74 Å². The fourth-order valence-electron chi connectivity index (χ4n) is 2.53. The van der Waals surface area contributed by atoms with Crippen molar-refractivity contribution in [3.05, 3.63) is 60.2 Å². The molecule has 2 aromatic carbocycles. The van der Waals surface area contributed by atoms with Gasteiger partial charge in [0, 0.05) is 32.4 Å². The van der Waals surface area contributed by atoms with Gasteiger partial charge in [-0.2, -0.15) is 0 Å².